The van der Waals surface area contributed by atoms with E-state index >= 15 is 0 Å². The summed E-state index contributed by atoms with van der Waals surface area (Å²) in [5.74, 6) is 1.25. The number of fused-ring (bicyclic) bond motifs is 1. The molecule has 0 bridgehead atoms. The standard InChI is InChI=1S/C26H35N7O2/c1-4-32-26(35)31(3)22-17-27-23(29-24(22)33(32)21-10-5-6-11-21)18-8-7-9-19(16-18)25(34)28-20-12-14-30(2)15-13-20/h7-9,16-17,20-21H,4-6,10-15H2,1-3H3,(H,28,34). The fraction of sp³-hybridized carbons (Fsp3) is 0.538. The Bertz CT molecular complexity index is 1090. The molecule has 35 heavy (non-hydrogen) atoms. The maximum Gasteiger partial charge on any atom is 0.343 e. The molecule has 1 N–H and O–H groups in total. The van der Waals surface area contributed by atoms with Crippen LogP contribution in [0.3, 0.4) is 0 Å². The van der Waals surface area contributed by atoms with Crippen molar-refractivity contribution < 1.29 is 9.59 Å². The van der Waals surface area contributed by atoms with Crippen LogP contribution >= 0.6 is 0 Å². The molecule has 5 rings (SSSR count). The van der Waals surface area contributed by atoms with Crippen molar-refractivity contribution in [1.82, 2.24) is 25.2 Å². The second kappa shape index (κ2) is 9.81. The molecule has 3 heterocycles. The number of carbonyl (C=O) groups is 2. The molecule has 2 aromatic rings. The van der Waals surface area contributed by atoms with Gasteiger partial charge < -0.3 is 10.2 Å². The molecule has 9 heteroatoms. The van der Waals surface area contributed by atoms with Gasteiger partial charge in [0, 0.05) is 30.8 Å². The zero-order chi connectivity index (χ0) is 24.5. The molecule has 9 nitrogen and oxygen atoms in total. The number of likely N-dealkylation sites (tertiary alicyclic amines) is 1. The number of hydrazine groups is 1. The van der Waals surface area contributed by atoms with Crippen molar-refractivity contribution in [2.75, 3.05) is 43.6 Å². The summed E-state index contributed by atoms with van der Waals surface area (Å²) in [6.45, 7) is 4.56. The van der Waals surface area contributed by atoms with E-state index in [1.807, 2.05) is 31.2 Å². The van der Waals surface area contributed by atoms with Crippen LogP contribution in [0.2, 0.25) is 0 Å². The maximum atomic E-state index is 13.0. The van der Waals surface area contributed by atoms with Gasteiger partial charge in [-0.3, -0.25) is 14.7 Å². The molecule has 1 aliphatic carbocycles. The van der Waals surface area contributed by atoms with Crippen LogP contribution in [0, 0.1) is 0 Å². The fourth-order valence-electron chi connectivity index (χ4n) is 5.42. The highest BCUT2D eigenvalue weighted by molar-refractivity contribution is 5.99. The number of rotatable bonds is 5. The Morgan fingerprint density at radius 1 is 1.11 bits per heavy atom. The summed E-state index contributed by atoms with van der Waals surface area (Å²) in [4.78, 5) is 39.5. The van der Waals surface area contributed by atoms with Gasteiger partial charge in [0.05, 0.1) is 12.2 Å². The quantitative estimate of drug-likeness (QED) is 0.709. The molecule has 3 aliphatic rings. The summed E-state index contributed by atoms with van der Waals surface area (Å²) >= 11 is 0. The van der Waals surface area contributed by atoms with E-state index in [0.29, 0.717) is 23.6 Å². The first-order valence-corrected chi connectivity index (χ1v) is 12.8. The number of aromatic nitrogens is 2. The van der Waals surface area contributed by atoms with Gasteiger partial charge in [-0.05, 0) is 64.9 Å². The summed E-state index contributed by atoms with van der Waals surface area (Å²) in [6.07, 6.45) is 8.06. The highest BCUT2D eigenvalue weighted by atomic mass is 16.2. The first-order valence-electron chi connectivity index (χ1n) is 12.8. The Kier molecular flexibility index (Phi) is 6.60. The number of piperidine rings is 1. The Morgan fingerprint density at radius 3 is 2.57 bits per heavy atom. The van der Waals surface area contributed by atoms with Gasteiger partial charge in [-0.1, -0.05) is 25.0 Å². The topological polar surface area (TPSA) is 84.9 Å². The molecule has 1 saturated heterocycles. The zero-order valence-electron chi connectivity index (χ0n) is 20.9. The van der Waals surface area contributed by atoms with Gasteiger partial charge in [-0.25, -0.2) is 19.8 Å². The molecule has 2 fully saturated rings. The average molecular weight is 478 g/mol. The van der Waals surface area contributed by atoms with Gasteiger partial charge in [0.1, 0.15) is 5.69 Å². The third-order valence-corrected chi connectivity index (χ3v) is 7.50. The Balaban J connectivity index is 1.44. The second-order valence-corrected chi connectivity index (χ2v) is 9.87. The van der Waals surface area contributed by atoms with Crippen molar-refractivity contribution in [3.8, 4) is 11.4 Å². The molecule has 2 aliphatic heterocycles. The van der Waals surface area contributed by atoms with E-state index in [4.69, 9.17) is 4.98 Å². The molecule has 0 atom stereocenters. The minimum absolute atomic E-state index is 0.0594. The smallest absolute Gasteiger partial charge is 0.343 e. The lowest BCUT2D eigenvalue weighted by Crippen LogP contribution is -2.59. The van der Waals surface area contributed by atoms with E-state index in [0.717, 1.165) is 63.0 Å². The lowest BCUT2D eigenvalue weighted by Gasteiger charge is -2.45. The van der Waals surface area contributed by atoms with E-state index in [2.05, 4.69) is 27.3 Å². The lowest BCUT2D eigenvalue weighted by atomic mass is 10.0. The summed E-state index contributed by atoms with van der Waals surface area (Å²) in [5.41, 5.74) is 2.11. The summed E-state index contributed by atoms with van der Waals surface area (Å²) < 4.78 is 0. The van der Waals surface area contributed by atoms with Crippen molar-refractivity contribution >= 4 is 23.4 Å². The first-order chi connectivity index (χ1) is 17.0. The van der Waals surface area contributed by atoms with Crippen LogP contribution < -0.4 is 15.2 Å². The predicted octanol–water partition coefficient (Wildman–Crippen LogP) is 3.52. The van der Waals surface area contributed by atoms with E-state index in [1.54, 1.807) is 23.2 Å². The van der Waals surface area contributed by atoms with Crippen molar-refractivity contribution in [3.05, 3.63) is 36.0 Å². The molecule has 186 valence electrons. The van der Waals surface area contributed by atoms with E-state index in [-0.39, 0.29) is 24.0 Å². The average Bonchev–Trinajstić information content (AvgIpc) is 3.41. The van der Waals surface area contributed by atoms with Crippen LogP contribution in [0.4, 0.5) is 16.3 Å². The number of nitrogens with zero attached hydrogens (tertiary/aromatic N) is 6. The van der Waals surface area contributed by atoms with Gasteiger partial charge in [-0.2, -0.15) is 0 Å². The second-order valence-electron chi connectivity index (χ2n) is 9.87. The fourth-order valence-corrected chi connectivity index (χ4v) is 5.42. The van der Waals surface area contributed by atoms with Crippen LogP contribution in [0.5, 0.6) is 0 Å². The summed E-state index contributed by atoms with van der Waals surface area (Å²) in [6, 6.07) is 7.91. The summed E-state index contributed by atoms with van der Waals surface area (Å²) in [7, 11) is 3.88. The number of anilines is 2. The minimum Gasteiger partial charge on any atom is -0.349 e. The number of hydrogen-bond donors (Lipinski definition) is 1. The Morgan fingerprint density at radius 2 is 1.86 bits per heavy atom. The zero-order valence-corrected chi connectivity index (χ0v) is 20.9. The number of urea groups is 1. The number of amides is 3. The van der Waals surface area contributed by atoms with Crippen molar-refractivity contribution in [2.45, 2.75) is 57.5 Å². The molecule has 1 saturated carbocycles. The SMILES string of the molecule is CCN1C(=O)N(C)c2cnc(-c3cccc(C(=O)NC4CCN(C)CC4)c3)nc2N1C1CCCC1. The Labute approximate surface area is 207 Å². The van der Waals surface area contributed by atoms with Gasteiger partial charge >= 0.3 is 6.03 Å². The lowest BCUT2D eigenvalue weighted by molar-refractivity contribution is 0.0917. The predicted molar refractivity (Wildman–Crippen MR) is 136 cm³/mol. The van der Waals surface area contributed by atoms with Crippen LogP contribution in [-0.2, 0) is 0 Å². The number of benzene rings is 1. The third-order valence-electron chi connectivity index (χ3n) is 7.50. The van der Waals surface area contributed by atoms with Gasteiger partial charge in [0.15, 0.2) is 11.6 Å². The molecule has 0 radical (unpaired) electrons. The van der Waals surface area contributed by atoms with Gasteiger partial charge in [0.2, 0.25) is 0 Å². The molecule has 0 unspecified atom stereocenters. The number of hydrogen-bond acceptors (Lipinski definition) is 6. The molecular weight excluding hydrogens is 442 g/mol. The maximum absolute atomic E-state index is 13.0. The largest absolute Gasteiger partial charge is 0.349 e. The highest BCUT2D eigenvalue weighted by Crippen LogP contribution is 2.39. The number of nitrogens with one attached hydrogen (secondary N) is 1. The van der Waals surface area contributed by atoms with Gasteiger partial charge in [-0.15, -0.1) is 0 Å². The normalized spacial score (nSPS) is 19.9. The number of carbonyl (C=O) groups excluding carboxylic acids is 2. The van der Waals surface area contributed by atoms with Crippen LogP contribution in [0.25, 0.3) is 11.4 Å². The third kappa shape index (κ3) is 4.57. The highest BCUT2D eigenvalue weighted by Gasteiger charge is 2.39. The van der Waals surface area contributed by atoms with E-state index in [1.165, 1.54) is 0 Å². The monoisotopic (exact) mass is 477 g/mol. The molecular formula is C26H35N7O2. The summed E-state index contributed by atoms with van der Waals surface area (Å²) in [5, 5.41) is 7.07. The van der Waals surface area contributed by atoms with Crippen LogP contribution in [0.1, 0.15) is 55.8 Å². The minimum atomic E-state index is -0.0607. The van der Waals surface area contributed by atoms with E-state index in [9.17, 15) is 9.59 Å². The molecule has 1 aromatic carbocycles. The van der Waals surface area contributed by atoms with Crippen LogP contribution in [-0.4, -0.2) is 77.6 Å². The van der Waals surface area contributed by atoms with Crippen LogP contribution in [0.15, 0.2) is 30.5 Å². The van der Waals surface area contributed by atoms with E-state index < -0.39 is 0 Å². The Hall–Kier alpha value is -3.20. The van der Waals surface area contributed by atoms with Gasteiger partial charge in [0.25, 0.3) is 5.91 Å². The van der Waals surface area contributed by atoms with Crippen molar-refractivity contribution in [3.63, 3.8) is 0 Å². The molecule has 0 spiro atoms. The van der Waals surface area contributed by atoms with Crippen molar-refractivity contribution in [2.24, 2.45) is 0 Å². The molecule has 1 aromatic heterocycles. The molecule has 3 amide bonds. The van der Waals surface area contributed by atoms with Crippen molar-refractivity contribution in [1.29, 1.82) is 0 Å². The first kappa shape index (κ1) is 23.5.